The third-order valence-electron chi connectivity index (χ3n) is 1.86. The number of aromatic nitrogens is 1. The van der Waals surface area contributed by atoms with Crippen molar-refractivity contribution in [2.75, 3.05) is 0 Å². The van der Waals surface area contributed by atoms with Crippen LogP contribution >= 0.6 is 11.6 Å². The van der Waals surface area contributed by atoms with Gasteiger partial charge in [0.15, 0.2) is 0 Å². The number of nitrogens with zero attached hydrogens (tertiary/aromatic N) is 1. The molecule has 0 saturated carbocycles. The van der Waals surface area contributed by atoms with Gasteiger partial charge in [-0.1, -0.05) is 25.4 Å². The van der Waals surface area contributed by atoms with Crippen molar-refractivity contribution in [2.24, 2.45) is 0 Å². The molecule has 60 valence electrons. The summed E-state index contributed by atoms with van der Waals surface area (Å²) in [5.41, 5.74) is 1.08. The molecule has 1 atom stereocenters. The highest BCUT2D eigenvalue weighted by atomic mass is 35.5. The standard InChI is InChI=1S/C9H12ClN/c1-3-7(2)9-6-8(10)4-5-11-9/h4-7H,3H2,1-2H3. The van der Waals surface area contributed by atoms with E-state index in [1.165, 1.54) is 0 Å². The van der Waals surface area contributed by atoms with E-state index in [1.807, 2.05) is 6.07 Å². The van der Waals surface area contributed by atoms with E-state index < -0.39 is 0 Å². The zero-order chi connectivity index (χ0) is 8.27. The minimum Gasteiger partial charge on any atom is -0.261 e. The highest BCUT2D eigenvalue weighted by Gasteiger charge is 2.03. The third-order valence-corrected chi connectivity index (χ3v) is 2.10. The Morgan fingerprint density at radius 2 is 2.36 bits per heavy atom. The van der Waals surface area contributed by atoms with Crippen molar-refractivity contribution in [1.29, 1.82) is 0 Å². The quantitative estimate of drug-likeness (QED) is 0.663. The van der Waals surface area contributed by atoms with Crippen LogP contribution in [0.3, 0.4) is 0 Å². The molecular weight excluding hydrogens is 158 g/mol. The molecule has 1 aromatic rings. The maximum absolute atomic E-state index is 5.81. The molecule has 1 unspecified atom stereocenters. The van der Waals surface area contributed by atoms with Gasteiger partial charge in [-0.05, 0) is 24.5 Å². The van der Waals surface area contributed by atoms with Gasteiger partial charge in [0.05, 0.1) is 0 Å². The highest BCUT2D eigenvalue weighted by Crippen LogP contribution is 2.18. The van der Waals surface area contributed by atoms with E-state index in [9.17, 15) is 0 Å². The Morgan fingerprint density at radius 3 is 2.91 bits per heavy atom. The van der Waals surface area contributed by atoms with Crippen LogP contribution in [0.4, 0.5) is 0 Å². The van der Waals surface area contributed by atoms with Crippen LogP contribution in [-0.2, 0) is 0 Å². The molecule has 1 heterocycles. The van der Waals surface area contributed by atoms with Crippen LogP contribution in [-0.4, -0.2) is 4.98 Å². The van der Waals surface area contributed by atoms with Crippen LogP contribution in [0.5, 0.6) is 0 Å². The smallest absolute Gasteiger partial charge is 0.0446 e. The Morgan fingerprint density at radius 1 is 1.64 bits per heavy atom. The summed E-state index contributed by atoms with van der Waals surface area (Å²) in [5.74, 6) is 0.508. The average molecular weight is 170 g/mol. The molecule has 0 aromatic carbocycles. The fourth-order valence-electron chi connectivity index (χ4n) is 0.900. The molecule has 0 fully saturated rings. The van der Waals surface area contributed by atoms with Gasteiger partial charge in [-0.15, -0.1) is 0 Å². The molecule has 1 rings (SSSR count). The van der Waals surface area contributed by atoms with Crippen molar-refractivity contribution in [3.63, 3.8) is 0 Å². The van der Waals surface area contributed by atoms with Crippen molar-refractivity contribution in [2.45, 2.75) is 26.2 Å². The number of pyridine rings is 1. The van der Waals surface area contributed by atoms with Crippen LogP contribution in [0.25, 0.3) is 0 Å². The lowest BCUT2D eigenvalue weighted by Gasteiger charge is -2.06. The molecule has 0 N–H and O–H groups in total. The van der Waals surface area contributed by atoms with E-state index in [4.69, 9.17) is 11.6 Å². The van der Waals surface area contributed by atoms with Crippen LogP contribution in [0.1, 0.15) is 31.9 Å². The summed E-state index contributed by atoms with van der Waals surface area (Å²) in [6, 6.07) is 3.73. The molecule has 0 amide bonds. The summed E-state index contributed by atoms with van der Waals surface area (Å²) < 4.78 is 0. The summed E-state index contributed by atoms with van der Waals surface area (Å²) in [7, 11) is 0. The van der Waals surface area contributed by atoms with Crippen molar-refractivity contribution < 1.29 is 0 Å². The first-order valence-corrected chi connectivity index (χ1v) is 4.23. The summed E-state index contributed by atoms with van der Waals surface area (Å²) in [5, 5.41) is 0.773. The lowest BCUT2D eigenvalue weighted by molar-refractivity contribution is 0.708. The van der Waals surface area contributed by atoms with Gasteiger partial charge in [-0.2, -0.15) is 0 Å². The predicted octanol–water partition coefficient (Wildman–Crippen LogP) is 3.25. The molecule has 0 bridgehead atoms. The predicted molar refractivity (Wildman–Crippen MR) is 48.0 cm³/mol. The van der Waals surface area contributed by atoms with E-state index in [0.29, 0.717) is 5.92 Å². The Labute approximate surface area is 72.4 Å². The van der Waals surface area contributed by atoms with Gasteiger partial charge in [0.2, 0.25) is 0 Å². The fraction of sp³-hybridized carbons (Fsp3) is 0.444. The largest absolute Gasteiger partial charge is 0.261 e. The second-order valence-electron chi connectivity index (χ2n) is 2.71. The lowest BCUT2D eigenvalue weighted by Crippen LogP contribution is -1.93. The van der Waals surface area contributed by atoms with Crippen LogP contribution in [0.2, 0.25) is 5.02 Å². The number of hydrogen-bond donors (Lipinski definition) is 0. The van der Waals surface area contributed by atoms with E-state index in [1.54, 1.807) is 12.3 Å². The lowest BCUT2D eigenvalue weighted by atomic mass is 10.1. The van der Waals surface area contributed by atoms with Gasteiger partial charge in [0.1, 0.15) is 0 Å². The molecule has 0 aliphatic carbocycles. The van der Waals surface area contributed by atoms with Gasteiger partial charge in [0, 0.05) is 16.9 Å². The second kappa shape index (κ2) is 3.72. The maximum atomic E-state index is 5.81. The van der Waals surface area contributed by atoms with Crippen molar-refractivity contribution in [3.8, 4) is 0 Å². The van der Waals surface area contributed by atoms with Gasteiger partial charge in [-0.3, -0.25) is 4.98 Å². The van der Waals surface area contributed by atoms with E-state index in [2.05, 4.69) is 18.8 Å². The minimum atomic E-state index is 0.508. The Kier molecular flexibility index (Phi) is 2.89. The molecule has 1 nitrogen and oxygen atoms in total. The zero-order valence-electron chi connectivity index (χ0n) is 6.84. The molecule has 0 saturated heterocycles. The monoisotopic (exact) mass is 169 g/mol. The van der Waals surface area contributed by atoms with Crippen molar-refractivity contribution in [3.05, 3.63) is 29.0 Å². The molecule has 0 spiro atoms. The Balaban J connectivity index is 2.86. The second-order valence-corrected chi connectivity index (χ2v) is 3.14. The van der Waals surface area contributed by atoms with Gasteiger partial charge in [0.25, 0.3) is 0 Å². The van der Waals surface area contributed by atoms with Crippen molar-refractivity contribution >= 4 is 11.6 Å². The topological polar surface area (TPSA) is 12.9 Å². The van der Waals surface area contributed by atoms with Gasteiger partial charge < -0.3 is 0 Å². The van der Waals surface area contributed by atoms with Crippen LogP contribution in [0, 0.1) is 0 Å². The van der Waals surface area contributed by atoms with E-state index >= 15 is 0 Å². The maximum Gasteiger partial charge on any atom is 0.0446 e. The Bertz CT molecular complexity index is 235. The van der Waals surface area contributed by atoms with E-state index in [0.717, 1.165) is 17.1 Å². The summed E-state index contributed by atoms with van der Waals surface area (Å²) >= 11 is 5.81. The van der Waals surface area contributed by atoms with Crippen LogP contribution in [0.15, 0.2) is 18.3 Å². The zero-order valence-corrected chi connectivity index (χ0v) is 7.60. The van der Waals surface area contributed by atoms with Gasteiger partial charge in [-0.25, -0.2) is 0 Å². The summed E-state index contributed by atoms with van der Waals surface area (Å²) in [6.07, 6.45) is 2.86. The molecule has 1 aromatic heterocycles. The first-order chi connectivity index (χ1) is 5.24. The summed E-state index contributed by atoms with van der Waals surface area (Å²) in [4.78, 5) is 4.23. The minimum absolute atomic E-state index is 0.508. The molecule has 2 heteroatoms. The highest BCUT2D eigenvalue weighted by molar-refractivity contribution is 6.30. The number of rotatable bonds is 2. The number of hydrogen-bond acceptors (Lipinski definition) is 1. The first-order valence-electron chi connectivity index (χ1n) is 3.85. The summed E-state index contributed by atoms with van der Waals surface area (Å²) in [6.45, 7) is 4.30. The molecule has 0 aliphatic rings. The van der Waals surface area contributed by atoms with Crippen LogP contribution < -0.4 is 0 Å². The normalized spacial score (nSPS) is 13.0. The van der Waals surface area contributed by atoms with E-state index in [-0.39, 0.29) is 0 Å². The number of halogens is 1. The molecule has 11 heavy (non-hydrogen) atoms. The molecule has 0 radical (unpaired) electrons. The SMILES string of the molecule is CCC(C)c1cc(Cl)ccn1. The van der Waals surface area contributed by atoms with Gasteiger partial charge >= 0.3 is 0 Å². The third kappa shape index (κ3) is 2.19. The Hall–Kier alpha value is -0.560. The van der Waals surface area contributed by atoms with Crippen molar-refractivity contribution in [1.82, 2.24) is 4.98 Å². The average Bonchev–Trinajstić information content (AvgIpc) is 2.03. The first kappa shape index (κ1) is 8.54. The molecular formula is C9H12ClN. The molecule has 0 aliphatic heterocycles. The fourth-order valence-corrected chi connectivity index (χ4v) is 1.07.